The van der Waals surface area contributed by atoms with Gasteiger partial charge in [0.1, 0.15) is 30.4 Å². The number of aromatic amines is 1. The Morgan fingerprint density at radius 1 is 1.14 bits per heavy atom. The fourth-order valence-corrected chi connectivity index (χ4v) is 8.94. The SMILES string of the molecule is N#CCCOP(=S)(OC[C@@]1(CO)O[C@@H](n2cnc3c(NC(=O)c4ccccc4)ncnc32)C[C@@H]1O[P+](=O)O)O[C@H]1[C@@H](F)[C@H](n2cnc3c(=O)[nH]cnc32)O[C@@H]1CO. The highest BCUT2D eigenvalue weighted by Gasteiger charge is 2.56. The number of amides is 1. The smallest absolute Gasteiger partial charge is 0.394 e. The van der Waals surface area contributed by atoms with E-state index in [2.05, 4.69) is 35.2 Å². The summed E-state index contributed by atoms with van der Waals surface area (Å²) in [4.78, 5) is 58.1. The quantitative estimate of drug-likeness (QED) is 0.0697. The van der Waals surface area contributed by atoms with Crippen molar-refractivity contribution in [1.82, 2.24) is 39.0 Å². The van der Waals surface area contributed by atoms with Crippen LogP contribution in [0.25, 0.3) is 22.3 Å². The minimum Gasteiger partial charge on any atom is -0.394 e. The van der Waals surface area contributed by atoms with E-state index in [1.54, 1.807) is 30.3 Å². The normalized spacial score (nSPS) is 26.1. The molecule has 300 valence electrons. The minimum atomic E-state index is -4.19. The summed E-state index contributed by atoms with van der Waals surface area (Å²) in [5.41, 5.74) is -1.92. The summed E-state index contributed by atoms with van der Waals surface area (Å²) in [7, 11) is -3.28. The van der Waals surface area contributed by atoms with Crippen molar-refractivity contribution in [3.05, 3.63) is 71.6 Å². The van der Waals surface area contributed by atoms with E-state index in [-0.39, 0.29) is 47.6 Å². The van der Waals surface area contributed by atoms with Crippen LogP contribution in [0.3, 0.4) is 0 Å². The van der Waals surface area contributed by atoms with Crippen molar-refractivity contribution in [1.29, 1.82) is 5.26 Å². The number of nitrogens with one attached hydrogen (secondary N) is 2. The van der Waals surface area contributed by atoms with Crippen LogP contribution in [0.4, 0.5) is 10.2 Å². The van der Waals surface area contributed by atoms with E-state index in [0.29, 0.717) is 5.56 Å². The highest BCUT2D eigenvalue weighted by molar-refractivity contribution is 8.07. The van der Waals surface area contributed by atoms with Crippen LogP contribution in [0.1, 0.15) is 35.7 Å². The molecule has 4 aromatic heterocycles. The van der Waals surface area contributed by atoms with Crippen LogP contribution in [0, 0.1) is 11.3 Å². The molecule has 2 aliphatic heterocycles. The summed E-state index contributed by atoms with van der Waals surface area (Å²) in [6.45, 7) is -6.90. The number of aromatic nitrogens is 8. The average Bonchev–Trinajstić information content (AvgIpc) is 3.99. The number of rotatable bonds is 16. The Bertz CT molecular complexity index is 2420. The molecule has 9 atom stereocenters. The van der Waals surface area contributed by atoms with Gasteiger partial charge in [-0.2, -0.15) is 5.26 Å². The summed E-state index contributed by atoms with van der Waals surface area (Å²) < 4.78 is 65.9. The minimum absolute atomic E-state index is 0.0129. The molecular formula is C31H32FN10O12P2S+. The Morgan fingerprint density at radius 3 is 2.63 bits per heavy atom. The maximum Gasteiger partial charge on any atom is 0.695 e. The number of anilines is 1. The summed E-state index contributed by atoms with van der Waals surface area (Å²) >= 11 is 5.66. The monoisotopic (exact) mass is 849 g/mol. The van der Waals surface area contributed by atoms with Crippen LogP contribution in [0.2, 0.25) is 0 Å². The van der Waals surface area contributed by atoms with Crippen LogP contribution in [0.15, 0.2) is 60.4 Å². The number of nitrogens with zero attached hydrogens (tertiary/aromatic N) is 8. The fraction of sp³-hybridized carbons (Fsp3) is 0.419. The zero-order valence-electron chi connectivity index (χ0n) is 29.2. The number of imidazole rings is 2. The third-order valence-corrected chi connectivity index (χ3v) is 11.8. The lowest BCUT2D eigenvalue weighted by molar-refractivity contribution is -0.143. The molecule has 1 aromatic carbocycles. The summed E-state index contributed by atoms with van der Waals surface area (Å²) in [5, 5.41) is 32.8. The molecule has 2 fully saturated rings. The van der Waals surface area contributed by atoms with Crippen molar-refractivity contribution in [2.75, 3.05) is 31.7 Å². The topological polar surface area (TPSA) is 293 Å². The van der Waals surface area contributed by atoms with Crippen LogP contribution in [-0.2, 0) is 43.9 Å². The van der Waals surface area contributed by atoms with Crippen molar-refractivity contribution < 1.29 is 56.4 Å². The molecule has 26 heteroatoms. The number of fused-ring (bicyclic) bond motifs is 2. The largest absolute Gasteiger partial charge is 0.695 e. The first-order chi connectivity index (χ1) is 27.5. The van der Waals surface area contributed by atoms with Gasteiger partial charge >= 0.3 is 15.0 Å². The fourth-order valence-electron chi connectivity index (χ4n) is 6.32. The third-order valence-electron chi connectivity index (χ3n) is 9.06. The van der Waals surface area contributed by atoms with Gasteiger partial charge in [0.25, 0.3) is 11.5 Å². The number of hydrogen-bond donors (Lipinski definition) is 5. The maximum atomic E-state index is 16.3. The number of alkyl halides is 1. The number of hydrogen-bond acceptors (Lipinski definition) is 18. The molecule has 0 radical (unpaired) electrons. The van der Waals surface area contributed by atoms with Crippen LogP contribution < -0.4 is 10.9 Å². The molecule has 6 heterocycles. The van der Waals surface area contributed by atoms with Crippen molar-refractivity contribution in [3.8, 4) is 6.07 Å². The predicted molar refractivity (Wildman–Crippen MR) is 194 cm³/mol. The number of carbonyl (C=O) groups excluding carboxylic acids is 1. The number of halogens is 1. The first-order valence-electron chi connectivity index (χ1n) is 16.9. The van der Waals surface area contributed by atoms with Gasteiger partial charge in [0, 0.05) is 16.5 Å². The highest BCUT2D eigenvalue weighted by atomic mass is 32.5. The average molecular weight is 850 g/mol. The molecular weight excluding hydrogens is 817 g/mol. The first-order valence-corrected chi connectivity index (χ1v) is 20.6. The summed E-state index contributed by atoms with van der Waals surface area (Å²) in [5.74, 6) is -0.376. The summed E-state index contributed by atoms with van der Waals surface area (Å²) in [6, 6.07) is 10.3. The van der Waals surface area contributed by atoms with Crippen molar-refractivity contribution in [2.24, 2.45) is 0 Å². The molecule has 22 nitrogen and oxygen atoms in total. The van der Waals surface area contributed by atoms with Crippen molar-refractivity contribution in [2.45, 2.75) is 55.4 Å². The molecule has 0 bridgehead atoms. The lowest BCUT2D eigenvalue weighted by atomic mass is 9.99. The Morgan fingerprint density at radius 2 is 1.89 bits per heavy atom. The van der Waals surface area contributed by atoms with Gasteiger partial charge in [-0.05, 0) is 23.9 Å². The van der Waals surface area contributed by atoms with E-state index in [4.69, 9.17) is 39.4 Å². The van der Waals surface area contributed by atoms with Gasteiger partial charge in [0.05, 0.1) is 57.9 Å². The standard InChI is InChI=1S/C31H31FN10O12P2S/c32-21-24(18(10-43)51-30(21)42-16-39-23-27(42)36-14-37-29(23)46)54-56(57,49-8-4-7-33)50-12-31(11-44)19(53-55(47)48)9-20(52-31)41-15-38-22-25(34-13-35-26(22)41)40-28(45)17-5-2-1-3-6-17/h1-3,5-6,13-16,18-21,24,30,43-44H,4,8-12H2,(H2-,34,35,36,37,40,45,46,47,48)/p+1/t18-,19+,20-,21-,24-,30-,31-,56?/m1/s1. The molecule has 0 saturated carbocycles. The molecule has 0 aliphatic carbocycles. The molecule has 2 unspecified atom stereocenters. The Labute approximate surface area is 325 Å². The Balaban J connectivity index is 1.14. The molecule has 5 N–H and O–H groups in total. The van der Waals surface area contributed by atoms with Crippen LogP contribution >= 0.6 is 15.0 Å². The van der Waals surface area contributed by atoms with Gasteiger partial charge in [0.15, 0.2) is 46.6 Å². The van der Waals surface area contributed by atoms with Gasteiger partial charge < -0.3 is 39.0 Å². The number of nitriles is 1. The number of benzene rings is 1. The van der Waals surface area contributed by atoms with Gasteiger partial charge in [-0.1, -0.05) is 18.2 Å². The summed E-state index contributed by atoms with van der Waals surface area (Å²) in [6.07, 6.45) is -4.66. The number of carbonyl (C=O) groups is 1. The molecule has 2 saturated heterocycles. The van der Waals surface area contributed by atoms with E-state index < -0.39 is 88.8 Å². The van der Waals surface area contributed by atoms with Crippen molar-refractivity contribution >= 4 is 60.8 Å². The van der Waals surface area contributed by atoms with Gasteiger partial charge in [-0.25, -0.2) is 29.3 Å². The Kier molecular flexibility index (Phi) is 12.2. The number of ether oxygens (including phenoxy) is 2. The Hall–Kier alpha value is -4.60. The second-order valence-electron chi connectivity index (χ2n) is 12.5. The molecule has 0 spiro atoms. The van der Waals surface area contributed by atoms with E-state index in [0.717, 1.165) is 17.2 Å². The first kappa shape index (κ1) is 40.6. The number of aliphatic hydroxyl groups excluding tert-OH is 2. The maximum absolute atomic E-state index is 16.3. The molecule has 7 rings (SSSR count). The van der Waals surface area contributed by atoms with E-state index in [9.17, 15) is 34.5 Å². The highest BCUT2D eigenvalue weighted by Crippen LogP contribution is 2.56. The van der Waals surface area contributed by atoms with Crippen molar-refractivity contribution in [3.63, 3.8) is 0 Å². The van der Waals surface area contributed by atoms with Gasteiger partial charge in [-0.3, -0.25) is 23.2 Å². The van der Waals surface area contributed by atoms with E-state index >= 15 is 4.39 Å². The zero-order chi connectivity index (χ0) is 40.3. The van der Waals surface area contributed by atoms with Crippen LogP contribution in [0.5, 0.6) is 0 Å². The van der Waals surface area contributed by atoms with Crippen LogP contribution in [-0.4, -0.2) is 117 Å². The van der Waals surface area contributed by atoms with E-state index in [1.165, 1.54) is 17.2 Å². The second-order valence-corrected chi connectivity index (χ2v) is 16.2. The second kappa shape index (κ2) is 17.1. The third kappa shape index (κ3) is 8.24. The zero-order valence-corrected chi connectivity index (χ0v) is 31.8. The van der Waals surface area contributed by atoms with E-state index in [1.807, 2.05) is 6.07 Å². The van der Waals surface area contributed by atoms with Gasteiger partial charge in [-0.15, -0.1) is 9.42 Å². The molecule has 5 aromatic rings. The number of H-pyrrole nitrogens is 1. The lowest BCUT2D eigenvalue weighted by Crippen LogP contribution is -2.48. The molecule has 1 amide bonds. The molecule has 57 heavy (non-hydrogen) atoms. The lowest BCUT2D eigenvalue weighted by Gasteiger charge is -2.33. The molecule has 2 aliphatic rings. The predicted octanol–water partition coefficient (Wildman–Crippen LogP) is 1.68. The van der Waals surface area contributed by atoms with Gasteiger partial charge in [0.2, 0.25) is 0 Å². The number of aliphatic hydroxyl groups is 2.